The van der Waals surface area contributed by atoms with E-state index in [0.29, 0.717) is 11.9 Å². The van der Waals surface area contributed by atoms with Crippen molar-refractivity contribution in [3.8, 4) is 0 Å². The van der Waals surface area contributed by atoms with Gasteiger partial charge in [0.25, 0.3) is 0 Å². The molecule has 3 heterocycles. The third kappa shape index (κ3) is 1.78. The zero-order valence-electron chi connectivity index (χ0n) is 10.4. The lowest BCUT2D eigenvalue weighted by Gasteiger charge is -2.36. The van der Waals surface area contributed by atoms with Crippen LogP contribution < -0.4 is 10.6 Å². The summed E-state index contributed by atoms with van der Waals surface area (Å²) >= 11 is 0. The van der Waals surface area contributed by atoms with Crippen molar-refractivity contribution in [2.75, 3.05) is 30.4 Å². The van der Waals surface area contributed by atoms with Gasteiger partial charge in [-0.3, -0.25) is 0 Å². The molecule has 6 nitrogen and oxygen atoms in total. The molecule has 18 heavy (non-hydrogen) atoms. The second-order valence-corrected chi connectivity index (χ2v) is 4.48. The number of morpholine rings is 1. The summed E-state index contributed by atoms with van der Waals surface area (Å²) in [6, 6.07) is 0.341. The molecule has 0 saturated carbocycles. The summed E-state index contributed by atoms with van der Waals surface area (Å²) in [5.74, 6) is 1.37. The van der Waals surface area contributed by atoms with Gasteiger partial charge in [-0.15, -0.1) is 0 Å². The Balaban J connectivity index is 2.08. The van der Waals surface area contributed by atoms with Gasteiger partial charge in [-0.05, 0) is 6.42 Å². The van der Waals surface area contributed by atoms with Crippen molar-refractivity contribution in [3.05, 3.63) is 18.6 Å². The zero-order chi connectivity index (χ0) is 12.5. The van der Waals surface area contributed by atoms with Gasteiger partial charge in [0.1, 0.15) is 5.82 Å². The standard InChI is InChI=1S/C12H17N5O/c1-2-9-8-18-6-5-17(9)12-11-14-3-4-16(11)7-10(13)15-12/h3-4,7,9H,2,5-6,8,13H2,1H3. The van der Waals surface area contributed by atoms with Gasteiger partial charge in [0.15, 0.2) is 11.5 Å². The van der Waals surface area contributed by atoms with E-state index in [9.17, 15) is 0 Å². The maximum absolute atomic E-state index is 5.86. The summed E-state index contributed by atoms with van der Waals surface area (Å²) < 4.78 is 7.44. The van der Waals surface area contributed by atoms with E-state index in [-0.39, 0.29) is 0 Å². The van der Waals surface area contributed by atoms with E-state index in [1.54, 1.807) is 12.4 Å². The lowest BCUT2D eigenvalue weighted by atomic mass is 10.2. The molecular weight excluding hydrogens is 230 g/mol. The molecule has 1 saturated heterocycles. The van der Waals surface area contributed by atoms with E-state index in [2.05, 4.69) is 21.8 Å². The summed E-state index contributed by atoms with van der Waals surface area (Å²) in [6.45, 7) is 4.44. The molecule has 2 N–H and O–H groups in total. The molecule has 2 aromatic rings. The van der Waals surface area contributed by atoms with Gasteiger partial charge in [-0.1, -0.05) is 6.92 Å². The Morgan fingerprint density at radius 2 is 2.44 bits per heavy atom. The topological polar surface area (TPSA) is 68.7 Å². The number of rotatable bonds is 2. The number of anilines is 2. The monoisotopic (exact) mass is 247 g/mol. The molecule has 0 spiro atoms. The Kier molecular flexibility index (Phi) is 2.79. The predicted molar refractivity (Wildman–Crippen MR) is 69.6 cm³/mol. The summed E-state index contributed by atoms with van der Waals surface area (Å²) in [7, 11) is 0. The molecule has 3 rings (SSSR count). The molecule has 2 aromatic heterocycles. The molecule has 0 bridgehead atoms. The largest absolute Gasteiger partial charge is 0.382 e. The molecular formula is C12H17N5O. The van der Waals surface area contributed by atoms with Crippen molar-refractivity contribution in [2.24, 2.45) is 0 Å². The third-order valence-electron chi connectivity index (χ3n) is 3.35. The van der Waals surface area contributed by atoms with Gasteiger partial charge in [-0.2, -0.15) is 0 Å². The van der Waals surface area contributed by atoms with Crippen molar-refractivity contribution in [3.63, 3.8) is 0 Å². The van der Waals surface area contributed by atoms with Gasteiger partial charge < -0.3 is 19.8 Å². The van der Waals surface area contributed by atoms with Gasteiger partial charge in [0.2, 0.25) is 0 Å². The van der Waals surface area contributed by atoms with Crippen LogP contribution in [0, 0.1) is 0 Å². The van der Waals surface area contributed by atoms with Crippen LogP contribution in [0.2, 0.25) is 0 Å². The van der Waals surface area contributed by atoms with Crippen LogP contribution in [0.25, 0.3) is 5.65 Å². The van der Waals surface area contributed by atoms with E-state index in [1.165, 1.54) is 0 Å². The Morgan fingerprint density at radius 1 is 1.56 bits per heavy atom. The molecule has 1 fully saturated rings. The van der Waals surface area contributed by atoms with Crippen molar-refractivity contribution < 1.29 is 4.74 Å². The van der Waals surface area contributed by atoms with Crippen LogP contribution in [0.1, 0.15) is 13.3 Å². The number of nitrogens with two attached hydrogens (primary N) is 1. The zero-order valence-corrected chi connectivity index (χ0v) is 10.4. The first-order chi connectivity index (χ1) is 8.79. The highest BCUT2D eigenvalue weighted by Crippen LogP contribution is 2.24. The van der Waals surface area contributed by atoms with Crippen molar-refractivity contribution in [1.29, 1.82) is 0 Å². The maximum Gasteiger partial charge on any atom is 0.180 e. The number of imidazole rings is 1. The fourth-order valence-corrected chi connectivity index (χ4v) is 2.40. The minimum absolute atomic E-state index is 0.341. The Hall–Kier alpha value is -1.82. The number of hydrogen-bond donors (Lipinski definition) is 1. The van der Waals surface area contributed by atoms with Gasteiger partial charge in [-0.25, -0.2) is 9.97 Å². The van der Waals surface area contributed by atoms with Gasteiger partial charge >= 0.3 is 0 Å². The SMILES string of the molecule is CCC1COCCN1c1nc(N)cn2ccnc12. The molecule has 0 radical (unpaired) electrons. The molecule has 1 aliphatic rings. The number of ether oxygens (including phenoxy) is 1. The summed E-state index contributed by atoms with van der Waals surface area (Å²) in [5, 5.41) is 0. The minimum atomic E-state index is 0.341. The van der Waals surface area contributed by atoms with Crippen LogP contribution in [0.4, 0.5) is 11.6 Å². The summed E-state index contributed by atoms with van der Waals surface area (Å²) in [5.41, 5.74) is 6.71. The molecule has 0 amide bonds. The second kappa shape index (κ2) is 4.45. The Labute approximate surface area is 105 Å². The highest BCUT2D eigenvalue weighted by atomic mass is 16.5. The molecule has 0 aliphatic carbocycles. The molecule has 1 atom stereocenters. The fraction of sp³-hybridized carbons (Fsp3) is 0.500. The smallest absolute Gasteiger partial charge is 0.180 e. The third-order valence-corrected chi connectivity index (χ3v) is 3.35. The van der Waals surface area contributed by atoms with Crippen molar-refractivity contribution >= 4 is 17.3 Å². The Morgan fingerprint density at radius 3 is 3.28 bits per heavy atom. The number of hydrogen-bond acceptors (Lipinski definition) is 5. The molecule has 6 heteroatoms. The summed E-state index contributed by atoms with van der Waals surface area (Å²) in [4.78, 5) is 11.1. The number of fused-ring (bicyclic) bond motifs is 1. The molecule has 1 aliphatic heterocycles. The van der Waals surface area contributed by atoms with E-state index < -0.39 is 0 Å². The fourth-order valence-electron chi connectivity index (χ4n) is 2.40. The minimum Gasteiger partial charge on any atom is -0.382 e. The van der Waals surface area contributed by atoms with Crippen molar-refractivity contribution in [2.45, 2.75) is 19.4 Å². The average molecular weight is 247 g/mol. The molecule has 96 valence electrons. The van der Waals surface area contributed by atoms with Crippen LogP contribution >= 0.6 is 0 Å². The number of aromatic nitrogens is 3. The molecule has 0 aromatic carbocycles. The molecule has 1 unspecified atom stereocenters. The predicted octanol–water partition coefficient (Wildman–Crippen LogP) is 0.927. The van der Waals surface area contributed by atoms with Crippen LogP contribution in [-0.2, 0) is 4.74 Å². The van der Waals surface area contributed by atoms with Crippen LogP contribution in [0.3, 0.4) is 0 Å². The second-order valence-electron chi connectivity index (χ2n) is 4.48. The van der Waals surface area contributed by atoms with Gasteiger partial charge in [0.05, 0.1) is 25.5 Å². The first kappa shape index (κ1) is 11.3. The first-order valence-electron chi connectivity index (χ1n) is 6.23. The highest BCUT2D eigenvalue weighted by Gasteiger charge is 2.25. The maximum atomic E-state index is 5.86. The number of nitrogens with zero attached hydrogens (tertiary/aromatic N) is 4. The van der Waals surface area contributed by atoms with E-state index in [1.807, 2.05) is 10.6 Å². The number of nitrogen functional groups attached to an aromatic ring is 1. The quantitative estimate of drug-likeness (QED) is 0.855. The highest BCUT2D eigenvalue weighted by molar-refractivity contribution is 5.67. The first-order valence-corrected chi connectivity index (χ1v) is 6.23. The summed E-state index contributed by atoms with van der Waals surface area (Å²) in [6.07, 6.45) is 6.45. The van der Waals surface area contributed by atoms with Gasteiger partial charge in [0, 0.05) is 18.9 Å². The van der Waals surface area contributed by atoms with E-state index >= 15 is 0 Å². The van der Waals surface area contributed by atoms with Crippen molar-refractivity contribution in [1.82, 2.24) is 14.4 Å². The average Bonchev–Trinajstić information content (AvgIpc) is 2.85. The Bertz CT molecular complexity index is 552. The normalized spacial score (nSPS) is 20.5. The lowest BCUT2D eigenvalue weighted by molar-refractivity contribution is 0.0927. The van der Waals surface area contributed by atoms with E-state index in [0.717, 1.165) is 37.6 Å². The van der Waals surface area contributed by atoms with Crippen LogP contribution in [0.15, 0.2) is 18.6 Å². The van der Waals surface area contributed by atoms with Crippen LogP contribution in [-0.4, -0.2) is 40.2 Å². The van der Waals surface area contributed by atoms with Crippen LogP contribution in [0.5, 0.6) is 0 Å². The lowest BCUT2D eigenvalue weighted by Crippen LogP contribution is -2.45. The van der Waals surface area contributed by atoms with E-state index in [4.69, 9.17) is 10.5 Å².